The zero-order valence-corrected chi connectivity index (χ0v) is 17.3. The predicted octanol–water partition coefficient (Wildman–Crippen LogP) is 3.90. The Labute approximate surface area is 171 Å². The summed E-state index contributed by atoms with van der Waals surface area (Å²) in [6.45, 7) is 4.40. The van der Waals surface area contributed by atoms with Gasteiger partial charge in [-0.1, -0.05) is 18.3 Å². The Morgan fingerprint density at radius 2 is 2.21 bits per heavy atom. The van der Waals surface area contributed by atoms with Crippen LogP contribution in [0, 0.1) is 14.1 Å². The number of nitro benzene ring substituents is 1. The van der Waals surface area contributed by atoms with E-state index in [1.54, 1.807) is 21.7 Å². The highest BCUT2D eigenvalue weighted by atomic mass is 32.1. The number of carbonyl (C=O) groups is 1. The van der Waals surface area contributed by atoms with Crippen LogP contribution >= 0.6 is 23.6 Å². The number of anilines is 2. The quantitative estimate of drug-likeness (QED) is 0.401. The van der Waals surface area contributed by atoms with Crippen LogP contribution in [0.15, 0.2) is 18.2 Å². The Kier molecular flexibility index (Phi) is 4.92. The lowest BCUT2D eigenvalue weighted by molar-refractivity contribution is -0.384. The van der Waals surface area contributed by atoms with E-state index in [1.165, 1.54) is 17.4 Å². The predicted molar refractivity (Wildman–Crippen MR) is 110 cm³/mol. The van der Waals surface area contributed by atoms with Crippen molar-refractivity contribution in [3.05, 3.63) is 37.8 Å². The number of carbonyl (C=O) groups excluding carboxylic acids is 1. The maximum Gasteiger partial charge on any atom is 0.269 e. The minimum atomic E-state index is -0.367. The summed E-state index contributed by atoms with van der Waals surface area (Å²) < 4.78 is 2.37. The number of nitro groups is 1. The standard InChI is InChI=1S/C18H21N5O3S2/c1-3-16(24)22(13-4-5-13)17-19-21(18(27)28-17)10-20-11(2)8-12-9-14(23(25)26)6-7-15(12)20/h6-7,9,11,13H,3-5,8,10H2,1-2H3/t11-/m0/s1. The summed E-state index contributed by atoms with van der Waals surface area (Å²) in [5.74, 6) is 0.0746. The zero-order chi connectivity index (χ0) is 20.0. The second-order valence-electron chi connectivity index (χ2n) is 7.23. The molecule has 28 heavy (non-hydrogen) atoms. The van der Waals surface area contributed by atoms with Crippen LogP contribution in [-0.2, 0) is 17.9 Å². The molecule has 1 fully saturated rings. The Balaban J connectivity index is 1.60. The Morgan fingerprint density at radius 1 is 1.46 bits per heavy atom. The van der Waals surface area contributed by atoms with Gasteiger partial charge in [0.15, 0.2) is 3.95 Å². The van der Waals surface area contributed by atoms with Gasteiger partial charge in [0.05, 0.1) is 4.92 Å². The summed E-state index contributed by atoms with van der Waals surface area (Å²) in [6, 6.07) is 5.40. The van der Waals surface area contributed by atoms with Gasteiger partial charge in [-0.25, -0.2) is 4.68 Å². The molecule has 1 aliphatic heterocycles. The summed E-state index contributed by atoms with van der Waals surface area (Å²) in [6.07, 6.45) is 3.20. The minimum absolute atomic E-state index is 0.0746. The molecule has 2 aliphatic rings. The average Bonchev–Trinajstić information content (AvgIpc) is 3.35. The fraction of sp³-hybridized carbons (Fsp3) is 0.500. The molecule has 8 nitrogen and oxygen atoms in total. The van der Waals surface area contributed by atoms with E-state index < -0.39 is 0 Å². The largest absolute Gasteiger partial charge is 0.349 e. The molecule has 0 unspecified atom stereocenters. The van der Waals surface area contributed by atoms with Crippen LogP contribution in [0.4, 0.5) is 16.5 Å². The van der Waals surface area contributed by atoms with Gasteiger partial charge < -0.3 is 4.90 Å². The first-order chi connectivity index (χ1) is 13.4. The molecule has 1 aromatic carbocycles. The van der Waals surface area contributed by atoms with Crippen LogP contribution in [0.1, 0.15) is 38.7 Å². The summed E-state index contributed by atoms with van der Waals surface area (Å²) >= 11 is 6.88. The number of nitrogens with zero attached hydrogens (tertiary/aromatic N) is 5. The molecule has 10 heteroatoms. The van der Waals surface area contributed by atoms with Crippen LogP contribution in [0.25, 0.3) is 0 Å². The van der Waals surface area contributed by atoms with Crippen molar-refractivity contribution in [1.29, 1.82) is 0 Å². The van der Waals surface area contributed by atoms with E-state index in [2.05, 4.69) is 16.9 Å². The highest BCUT2D eigenvalue weighted by Crippen LogP contribution is 2.36. The van der Waals surface area contributed by atoms with Crippen molar-refractivity contribution in [3.63, 3.8) is 0 Å². The third-order valence-electron chi connectivity index (χ3n) is 5.20. The number of fused-ring (bicyclic) bond motifs is 1. The van der Waals surface area contributed by atoms with E-state index in [0.29, 0.717) is 22.2 Å². The van der Waals surface area contributed by atoms with Gasteiger partial charge in [0.25, 0.3) is 5.69 Å². The lowest BCUT2D eigenvalue weighted by Gasteiger charge is -2.24. The van der Waals surface area contributed by atoms with Gasteiger partial charge in [0.2, 0.25) is 11.0 Å². The van der Waals surface area contributed by atoms with Crippen LogP contribution in [0.2, 0.25) is 0 Å². The molecule has 0 bridgehead atoms. The van der Waals surface area contributed by atoms with Crippen molar-refractivity contribution in [3.8, 4) is 0 Å². The summed E-state index contributed by atoms with van der Waals surface area (Å²) in [5.41, 5.74) is 2.04. The summed E-state index contributed by atoms with van der Waals surface area (Å²) in [4.78, 5) is 27.0. The highest BCUT2D eigenvalue weighted by molar-refractivity contribution is 7.73. The maximum absolute atomic E-state index is 12.3. The lowest BCUT2D eigenvalue weighted by atomic mass is 10.1. The van der Waals surface area contributed by atoms with E-state index in [4.69, 9.17) is 12.2 Å². The van der Waals surface area contributed by atoms with E-state index in [0.717, 1.165) is 30.5 Å². The van der Waals surface area contributed by atoms with Crippen molar-refractivity contribution in [2.75, 3.05) is 9.80 Å². The smallest absolute Gasteiger partial charge is 0.269 e. The monoisotopic (exact) mass is 419 g/mol. The molecule has 0 radical (unpaired) electrons. The van der Waals surface area contributed by atoms with Gasteiger partial charge in [-0.2, -0.15) is 0 Å². The molecule has 4 rings (SSSR count). The molecule has 0 spiro atoms. The molecule has 1 atom stereocenters. The lowest BCUT2D eigenvalue weighted by Crippen LogP contribution is -2.34. The molecule has 2 heterocycles. The SMILES string of the molecule is CCC(=O)N(c1nn(CN2c3ccc([N+](=O)[O-])cc3C[C@@H]2C)c(=S)s1)C1CC1. The van der Waals surface area contributed by atoms with Crippen molar-refractivity contribution in [2.45, 2.75) is 58.3 Å². The van der Waals surface area contributed by atoms with Crippen LogP contribution < -0.4 is 9.80 Å². The topological polar surface area (TPSA) is 84.5 Å². The first-order valence-electron chi connectivity index (χ1n) is 9.33. The number of benzene rings is 1. The van der Waals surface area contributed by atoms with Gasteiger partial charge in [0, 0.05) is 36.3 Å². The minimum Gasteiger partial charge on any atom is -0.349 e. The second-order valence-corrected chi connectivity index (χ2v) is 8.83. The molecule has 148 valence electrons. The molecule has 2 aromatic rings. The Morgan fingerprint density at radius 3 is 2.86 bits per heavy atom. The highest BCUT2D eigenvalue weighted by Gasteiger charge is 2.35. The number of non-ortho nitro benzene ring substituents is 1. The van der Waals surface area contributed by atoms with Crippen molar-refractivity contribution < 1.29 is 9.72 Å². The number of hydrogen-bond donors (Lipinski definition) is 0. The second kappa shape index (κ2) is 7.25. The molecule has 1 aliphatic carbocycles. The summed E-state index contributed by atoms with van der Waals surface area (Å²) in [7, 11) is 0. The molecule has 0 N–H and O–H groups in total. The van der Waals surface area contributed by atoms with Crippen molar-refractivity contribution in [2.24, 2.45) is 0 Å². The van der Waals surface area contributed by atoms with Gasteiger partial charge in [-0.15, -0.1) is 5.10 Å². The number of rotatable bonds is 6. The van der Waals surface area contributed by atoms with E-state index in [1.807, 2.05) is 6.92 Å². The molecule has 1 aromatic heterocycles. The van der Waals surface area contributed by atoms with Crippen LogP contribution in [-0.4, -0.2) is 32.7 Å². The Hall–Kier alpha value is -2.33. The number of amides is 1. The van der Waals surface area contributed by atoms with Gasteiger partial charge >= 0.3 is 0 Å². The van der Waals surface area contributed by atoms with Crippen molar-refractivity contribution in [1.82, 2.24) is 9.78 Å². The summed E-state index contributed by atoms with van der Waals surface area (Å²) in [5, 5.41) is 16.3. The van der Waals surface area contributed by atoms with Gasteiger partial charge in [-0.05, 0) is 50.0 Å². The molecular formula is C18H21N5O3S2. The maximum atomic E-state index is 12.3. The number of hydrogen-bond acceptors (Lipinski definition) is 7. The average molecular weight is 420 g/mol. The molecule has 1 amide bonds. The zero-order valence-electron chi connectivity index (χ0n) is 15.7. The van der Waals surface area contributed by atoms with Gasteiger partial charge in [-0.3, -0.25) is 19.8 Å². The molecular weight excluding hydrogens is 398 g/mol. The van der Waals surface area contributed by atoms with E-state index in [9.17, 15) is 14.9 Å². The third kappa shape index (κ3) is 3.42. The normalized spacial score (nSPS) is 18.2. The molecule has 1 saturated carbocycles. The first-order valence-corrected chi connectivity index (χ1v) is 10.6. The van der Waals surface area contributed by atoms with Gasteiger partial charge in [0.1, 0.15) is 6.67 Å². The van der Waals surface area contributed by atoms with Crippen LogP contribution in [0.3, 0.4) is 0 Å². The van der Waals surface area contributed by atoms with Crippen LogP contribution in [0.5, 0.6) is 0 Å². The Bertz CT molecular complexity index is 997. The fourth-order valence-electron chi connectivity index (χ4n) is 3.61. The number of aromatic nitrogens is 2. The van der Waals surface area contributed by atoms with E-state index in [-0.39, 0.29) is 28.6 Å². The molecule has 0 saturated heterocycles. The van der Waals surface area contributed by atoms with E-state index >= 15 is 0 Å². The third-order valence-corrected chi connectivity index (χ3v) is 6.51. The fourth-order valence-corrected chi connectivity index (χ4v) is 4.78. The first kappa shape index (κ1) is 19.0. The van der Waals surface area contributed by atoms with Crippen molar-refractivity contribution >= 4 is 46.0 Å².